The summed E-state index contributed by atoms with van der Waals surface area (Å²) in [5.41, 5.74) is 0. The van der Waals surface area contributed by atoms with E-state index >= 15 is 0 Å². The molecule has 2 aliphatic rings. The summed E-state index contributed by atoms with van der Waals surface area (Å²) in [5.74, 6) is 1.86. The molecule has 5 nitrogen and oxygen atoms in total. The molecule has 0 amide bonds. The predicted molar refractivity (Wildman–Crippen MR) is 90.3 cm³/mol. The Morgan fingerprint density at radius 1 is 1.35 bits per heavy atom. The van der Waals surface area contributed by atoms with Gasteiger partial charge in [-0.05, 0) is 25.2 Å². The second kappa shape index (κ2) is 7.47. The van der Waals surface area contributed by atoms with E-state index in [1.807, 2.05) is 6.92 Å². The summed E-state index contributed by atoms with van der Waals surface area (Å²) in [6.45, 7) is 8.72. The highest BCUT2D eigenvalue weighted by molar-refractivity contribution is 14.0. The number of rotatable bonds is 3. The van der Waals surface area contributed by atoms with Gasteiger partial charge in [0.25, 0.3) is 0 Å². The van der Waals surface area contributed by atoms with Gasteiger partial charge in [-0.25, -0.2) is 0 Å². The Hall–Kier alpha value is -0.530. The summed E-state index contributed by atoms with van der Waals surface area (Å²) in [6, 6.07) is 0.554. The number of ether oxygens (including phenoxy) is 1. The van der Waals surface area contributed by atoms with Crippen LogP contribution in [0.4, 0.5) is 0 Å². The van der Waals surface area contributed by atoms with Crippen LogP contribution in [-0.4, -0.2) is 49.6 Å². The van der Waals surface area contributed by atoms with Gasteiger partial charge in [-0.1, -0.05) is 13.8 Å². The fourth-order valence-electron chi connectivity index (χ4n) is 2.67. The van der Waals surface area contributed by atoms with Crippen molar-refractivity contribution in [2.75, 3.05) is 26.7 Å². The Labute approximate surface area is 138 Å². The number of methoxy groups -OCH3 is 1. The van der Waals surface area contributed by atoms with E-state index in [1.54, 1.807) is 0 Å². The van der Waals surface area contributed by atoms with Crippen molar-refractivity contribution in [2.24, 2.45) is 22.7 Å². The molecule has 0 radical (unpaired) electrons. The maximum atomic E-state index is 11.7. The smallest absolute Gasteiger partial charge is 0.310 e. The average molecular weight is 395 g/mol. The van der Waals surface area contributed by atoms with Gasteiger partial charge in [0.05, 0.1) is 13.0 Å². The maximum absolute atomic E-state index is 11.7. The normalized spacial score (nSPS) is 32.6. The number of hydrogen-bond acceptors (Lipinski definition) is 3. The molecule has 4 unspecified atom stereocenters. The van der Waals surface area contributed by atoms with E-state index in [0.717, 1.165) is 25.0 Å². The van der Waals surface area contributed by atoms with Crippen molar-refractivity contribution in [2.45, 2.75) is 33.2 Å². The molecule has 0 spiro atoms. The minimum atomic E-state index is -0.106. The zero-order chi connectivity index (χ0) is 14.0. The fraction of sp³-hybridized carbons (Fsp3) is 0.857. The molecule has 1 aliphatic heterocycles. The zero-order valence-electron chi connectivity index (χ0n) is 12.8. The minimum Gasteiger partial charge on any atom is -0.469 e. The van der Waals surface area contributed by atoms with Crippen molar-refractivity contribution < 1.29 is 9.53 Å². The van der Waals surface area contributed by atoms with E-state index in [9.17, 15) is 4.79 Å². The van der Waals surface area contributed by atoms with E-state index in [1.165, 1.54) is 13.5 Å². The second-order valence-electron chi connectivity index (χ2n) is 5.77. The van der Waals surface area contributed by atoms with Crippen LogP contribution in [-0.2, 0) is 9.53 Å². The zero-order valence-corrected chi connectivity index (χ0v) is 15.1. The summed E-state index contributed by atoms with van der Waals surface area (Å²) < 4.78 is 4.88. The topological polar surface area (TPSA) is 53.9 Å². The highest BCUT2D eigenvalue weighted by Crippen LogP contribution is 2.30. The molecule has 1 aliphatic carbocycles. The Bertz CT molecular complexity index is 375. The Balaban J connectivity index is 0.00000200. The van der Waals surface area contributed by atoms with Crippen molar-refractivity contribution in [3.63, 3.8) is 0 Å². The summed E-state index contributed by atoms with van der Waals surface area (Å²) in [7, 11) is 1.46. The lowest BCUT2D eigenvalue weighted by molar-refractivity contribution is -0.145. The predicted octanol–water partition coefficient (Wildman–Crippen LogP) is 1.72. The van der Waals surface area contributed by atoms with Gasteiger partial charge in [0.15, 0.2) is 5.96 Å². The number of carbonyl (C=O) groups is 1. The molecule has 1 heterocycles. The summed E-state index contributed by atoms with van der Waals surface area (Å²) in [6.07, 6.45) is 1.21. The molecule has 116 valence electrons. The molecule has 0 aromatic heterocycles. The molecule has 2 fully saturated rings. The van der Waals surface area contributed by atoms with Crippen LogP contribution in [0, 0.1) is 17.8 Å². The van der Waals surface area contributed by atoms with Crippen molar-refractivity contribution >= 4 is 35.9 Å². The van der Waals surface area contributed by atoms with E-state index < -0.39 is 0 Å². The quantitative estimate of drug-likeness (QED) is 0.342. The highest BCUT2D eigenvalue weighted by Gasteiger charge is 2.39. The van der Waals surface area contributed by atoms with Crippen molar-refractivity contribution in [1.29, 1.82) is 0 Å². The Kier molecular flexibility index (Phi) is 6.54. The van der Waals surface area contributed by atoms with Gasteiger partial charge in [0.2, 0.25) is 0 Å². The number of guanidine groups is 1. The number of nitrogens with one attached hydrogen (secondary N) is 1. The van der Waals surface area contributed by atoms with Crippen LogP contribution < -0.4 is 5.32 Å². The molecule has 1 N–H and O–H groups in total. The summed E-state index contributed by atoms with van der Waals surface area (Å²) >= 11 is 0. The first-order valence-corrected chi connectivity index (χ1v) is 7.20. The molecule has 0 aromatic carbocycles. The molecule has 0 bridgehead atoms. The van der Waals surface area contributed by atoms with Crippen LogP contribution in [0.5, 0.6) is 0 Å². The molecule has 2 rings (SSSR count). The lowest BCUT2D eigenvalue weighted by Crippen LogP contribution is -2.42. The first-order chi connectivity index (χ1) is 9.06. The van der Waals surface area contributed by atoms with Gasteiger partial charge in [-0.3, -0.25) is 9.79 Å². The second-order valence-corrected chi connectivity index (χ2v) is 5.77. The number of halogens is 1. The number of likely N-dealkylation sites (tertiary alicyclic amines) is 1. The standard InChI is InChI=1S/C14H25N3O2.HI/c1-5-15-14(16-12-6-9(12)2)17-7-10(3)11(8-17)13(18)19-4;/h9-12H,5-8H2,1-4H3,(H,15,16);1H. The lowest BCUT2D eigenvalue weighted by Gasteiger charge is -2.22. The summed E-state index contributed by atoms with van der Waals surface area (Å²) in [5, 5.41) is 3.51. The van der Waals surface area contributed by atoms with Gasteiger partial charge >= 0.3 is 5.97 Å². The van der Waals surface area contributed by atoms with Gasteiger partial charge < -0.3 is 15.0 Å². The first kappa shape index (κ1) is 17.5. The molecular weight excluding hydrogens is 369 g/mol. The number of nitrogens with zero attached hydrogens (tertiary/aromatic N) is 2. The van der Waals surface area contributed by atoms with Crippen LogP contribution in [0.15, 0.2) is 4.99 Å². The van der Waals surface area contributed by atoms with E-state index in [2.05, 4.69) is 29.1 Å². The van der Waals surface area contributed by atoms with Crippen molar-refractivity contribution in [1.82, 2.24) is 10.2 Å². The number of esters is 1. The molecule has 6 heteroatoms. The van der Waals surface area contributed by atoms with Crippen LogP contribution >= 0.6 is 24.0 Å². The molecule has 0 aromatic rings. The summed E-state index contributed by atoms with van der Waals surface area (Å²) in [4.78, 5) is 18.5. The highest BCUT2D eigenvalue weighted by atomic mass is 127. The van der Waals surface area contributed by atoms with Crippen LogP contribution in [0.2, 0.25) is 0 Å². The molecular formula is C14H26IN3O2. The van der Waals surface area contributed by atoms with Crippen molar-refractivity contribution in [3.8, 4) is 0 Å². The third kappa shape index (κ3) is 3.99. The monoisotopic (exact) mass is 395 g/mol. The average Bonchev–Trinajstić information content (AvgIpc) is 2.93. The lowest BCUT2D eigenvalue weighted by atomic mass is 9.99. The van der Waals surface area contributed by atoms with Crippen LogP contribution in [0.25, 0.3) is 0 Å². The first-order valence-electron chi connectivity index (χ1n) is 7.20. The fourth-order valence-corrected chi connectivity index (χ4v) is 2.67. The minimum absolute atomic E-state index is 0. The Morgan fingerprint density at radius 2 is 2.00 bits per heavy atom. The SMILES string of the molecule is CCN=C(NC1CC1C)N1CC(C)C(C(=O)OC)C1.I. The van der Waals surface area contributed by atoms with Gasteiger partial charge in [-0.2, -0.15) is 0 Å². The van der Waals surface area contributed by atoms with E-state index in [4.69, 9.17) is 4.74 Å². The Morgan fingerprint density at radius 3 is 2.50 bits per heavy atom. The van der Waals surface area contributed by atoms with Crippen LogP contribution in [0.3, 0.4) is 0 Å². The third-order valence-corrected chi connectivity index (χ3v) is 4.15. The van der Waals surface area contributed by atoms with Crippen molar-refractivity contribution in [3.05, 3.63) is 0 Å². The van der Waals surface area contributed by atoms with Gasteiger partial charge in [-0.15, -0.1) is 24.0 Å². The van der Waals surface area contributed by atoms with Gasteiger partial charge in [0.1, 0.15) is 0 Å². The molecule has 20 heavy (non-hydrogen) atoms. The molecule has 1 saturated carbocycles. The van der Waals surface area contributed by atoms with E-state index in [0.29, 0.717) is 18.5 Å². The number of aliphatic imine (C=N–C) groups is 1. The number of carbonyl (C=O) groups excluding carboxylic acids is 1. The molecule has 4 atom stereocenters. The third-order valence-electron chi connectivity index (χ3n) is 4.15. The van der Waals surface area contributed by atoms with Crippen LogP contribution in [0.1, 0.15) is 27.2 Å². The largest absolute Gasteiger partial charge is 0.469 e. The maximum Gasteiger partial charge on any atom is 0.310 e. The molecule has 1 saturated heterocycles. The van der Waals surface area contributed by atoms with E-state index in [-0.39, 0.29) is 35.9 Å². The number of hydrogen-bond donors (Lipinski definition) is 1. The van der Waals surface area contributed by atoms with Gasteiger partial charge in [0, 0.05) is 25.7 Å².